The van der Waals surface area contributed by atoms with Crippen molar-refractivity contribution in [3.05, 3.63) is 65.2 Å². The number of esters is 1. The van der Waals surface area contributed by atoms with Gasteiger partial charge in [-0.1, -0.05) is 24.3 Å². The number of ether oxygens (including phenoxy) is 3. The fourth-order valence-corrected chi connectivity index (χ4v) is 3.09. The number of nitrogens with zero attached hydrogens (tertiary/aromatic N) is 1. The molecular formula is C22H23NO5. The number of hydrogen-bond acceptors (Lipinski definition) is 5. The lowest BCUT2D eigenvalue weighted by molar-refractivity contribution is -0.148. The van der Waals surface area contributed by atoms with Gasteiger partial charge >= 0.3 is 5.97 Å². The van der Waals surface area contributed by atoms with E-state index in [-0.39, 0.29) is 12.5 Å². The number of carbonyl (C=O) groups excluding carboxylic acids is 2. The Hall–Kier alpha value is -3.28. The summed E-state index contributed by atoms with van der Waals surface area (Å²) in [5.41, 5.74) is 3.11. The van der Waals surface area contributed by atoms with E-state index in [1.54, 1.807) is 43.4 Å². The van der Waals surface area contributed by atoms with Crippen LogP contribution in [0.1, 0.15) is 16.7 Å². The summed E-state index contributed by atoms with van der Waals surface area (Å²) in [5.74, 6) is 0.457. The Morgan fingerprint density at radius 2 is 1.86 bits per heavy atom. The quantitative estimate of drug-likeness (QED) is 0.569. The van der Waals surface area contributed by atoms with Gasteiger partial charge in [-0.3, -0.25) is 4.79 Å². The van der Waals surface area contributed by atoms with Crippen LogP contribution in [0.2, 0.25) is 0 Å². The third-order valence-corrected chi connectivity index (χ3v) is 4.66. The second-order valence-electron chi connectivity index (χ2n) is 6.38. The van der Waals surface area contributed by atoms with E-state index in [0.717, 1.165) is 12.0 Å². The summed E-state index contributed by atoms with van der Waals surface area (Å²) in [6.07, 6.45) is 3.68. The smallest absolute Gasteiger partial charge is 0.331 e. The van der Waals surface area contributed by atoms with Crippen LogP contribution in [0.5, 0.6) is 11.5 Å². The monoisotopic (exact) mass is 381 g/mol. The number of hydrogen-bond donors (Lipinski definition) is 0. The Balaban J connectivity index is 1.53. The van der Waals surface area contributed by atoms with Gasteiger partial charge in [-0.25, -0.2) is 4.79 Å². The molecule has 0 saturated carbocycles. The summed E-state index contributed by atoms with van der Waals surface area (Å²) < 4.78 is 15.5. The highest BCUT2D eigenvalue weighted by molar-refractivity contribution is 5.89. The van der Waals surface area contributed by atoms with E-state index in [1.807, 2.05) is 18.2 Å². The van der Waals surface area contributed by atoms with Gasteiger partial charge in [0, 0.05) is 30.8 Å². The number of methoxy groups -OCH3 is 2. The van der Waals surface area contributed by atoms with Gasteiger partial charge in [0.2, 0.25) is 0 Å². The number of fused-ring (bicyclic) bond motifs is 1. The molecule has 146 valence electrons. The normalized spacial score (nSPS) is 13.1. The molecule has 1 heterocycles. The number of amides is 1. The number of carbonyl (C=O) groups is 2. The van der Waals surface area contributed by atoms with Crippen molar-refractivity contribution in [1.29, 1.82) is 0 Å². The number of benzene rings is 2. The van der Waals surface area contributed by atoms with Crippen molar-refractivity contribution < 1.29 is 23.8 Å². The van der Waals surface area contributed by atoms with Crippen LogP contribution in [0.15, 0.2) is 48.5 Å². The van der Waals surface area contributed by atoms with Crippen LogP contribution in [-0.2, 0) is 27.3 Å². The van der Waals surface area contributed by atoms with Crippen molar-refractivity contribution in [2.24, 2.45) is 0 Å². The Bertz CT molecular complexity index is 890. The van der Waals surface area contributed by atoms with Gasteiger partial charge in [-0.2, -0.15) is 0 Å². The van der Waals surface area contributed by atoms with Crippen LogP contribution in [0.25, 0.3) is 6.08 Å². The van der Waals surface area contributed by atoms with Gasteiger partial charge in [-0.05, 0) is 35.8 Å². The third-order valence-electron chi connectivity index (χ3n) is 4.66. The molecular weight excluding hydrogens is 358 g/mol. The van der Waals surface area contributed by atoms with Gasteiger partial charge in [0.15, 0.2) is 6.61 Å². The maximum atomic E-state index is 12.3. The lowest BCUT2D eigenvalue weighted by Crippen LogP contribution is -2.38. The van der Waals surface area contributed by atoms with Crippen LogP contribution in [-0.4, -0.2) is 44.1 Å². The zero-order valence-corrected chi connectivity index (χ0v) is 16.0. The van der Waals surface area contributed by atoms with Crippen molar-refractivity contribution in [2.45, 2.75) is 13.0 Å². The van der Waals surface area contributed by atoms with Crippen LogP contribution in [0.3, 0.4) is 0 Å². The topological polar surface area (TPSA) is 65.1 Å². The Morgan fingerprint density at radius 1 is 1.07 bits per heavy atom. The van der Waals surface area contributed by atoms with E-state index in [4.69, 9.17) is 14.2 Å². The molecule has 1 aliphatic heterocycles. The predicted molar refractivity (Wildman–Crippen MR) is 105 cm³/mol. The summed E-state index contributed by atoms with van der Waals surface area (Å²) in [6, 6.07) is 13.3. The molecule has 0 saturated heterocycles. The zero-order valence-electron chi connectivity index (χ0n) is 16.0. The highest BCUT2D eigenvalue weighted by Gasteiger charge is 2.21. The Labute approximate surface area is 164 Å². The Morgan fingerprint density at radius 3 is 2.61 bits per heavy atom. The first-order chi connectivity index (χ1) is 13.6. The van der Waals surface area contributed by atoms with Crippen molar-refractivity contribution >= 4 is 18.0 Å². The summed E-state index contributed by atoms with van der Waals surface area (Å²) in [6.45, 7) is 0.906. The van der Waals surface area contributed by atoms with Crippen molar-refractivity contribution in [2.75, 3.05) is 27.4 Å². The van der Waals surface area contributed by atoms with Gasteiger partial charge < -0.3 is 19.1 Å². The molecule has 6 heteroatoms. The van der Waals surface area contributed by atoms with Crippen molar-refractivity contribution in [3.63, 3.8) is 0 Å². The average Bonchev–Trinajstić information content (AvgIpc) is 2.75. The fraction of sp³-hybridized carbons (Fsp3) is 0.273. The molecule has 2 aromatic carbocycles. The minimum Gasteiger partial charge on any atom is -0.497 e. The first-order valence-electron chi connectivity index (χ1n) is 9.02. The van der Waals surface area contributed by atoms with Crippen LogP contribution < -0.4 is 9.47 Å². The molecule has 1 aliphatic rings. The van der Waals surface area contributed by atoms with E-state index < -0.39 is 5.97 Å². The molecule has 3 rings (SSSR count). The van der Waals surface area contributed by atoms with E-state index in [1.165, 1.54) is 11.6 Å². The van der Waals surface area contributed by atoms with Crippen molar-refractivity contribution in [3.8, 4) is 11.5 Å². The minimum absolute atomic E-state index is 0.196. The average molecular weight is 381 g/mol. The molecule has 0 N–H and O–H groups in total. The summed E-state index contributed by atoms with van der Waals surface area (Å²) in [5, 5.41) is 0. The highest BCUT2D eigenvalue weighted by atomic mass is 16.5. The van der Waals surface area contributed by atoms with Crippen LogP contribution >= 0.6 is 0 Å². The molecule has 0 fully saturated rings. The molecule has 6 nitrogen and oxygen atoms in total. The molecule has 0 aliphatic carbocycles. The maximum Gasteiger partial charge on any atom is 0.331 e. The Kier molecular flexibility index (Phi) is 6.32. The highest BCUT2D eigenvalue weighted by Crippen LogP contribution is 2.25. The third kappa shape index (κ3) is 4.71. The first-order valence-corrected chi connectivity index (χ1v) is 9.02. The molecule has 0 spiro atoms. The summed E-state index contributed by atoms with van der Waals surface area (Å²) in [7, 11) is 3.11. The number of rotatable bonds is 6. The van der Waals surface area contributed by atoms with Crippen LogP contribution in [0.4, 0.5) is 0 Å². The molecule has 0 radical (unpaired) electrons. The molecule has 0 bridgehead atoms. The van der Waals surface area contributed by atoms with E-state index in [9.17, 15) is 9.59 Å². The summed E-state index contributed by atoms with van der Waals surface area (Å²) >= 11 is 0. The maximum absolute atomic E-state index is 12.3. The molecule has 0 aromatic heterocycles. The standard InChI is InChI=1S/C22H23NO5/c1-26-19-9-7-17(20(13-19)27-2)8-10-22(25)28-15-21(24)23-12-11-16-5-3-4-6-18(16)14-23/h3-10,13H,11-12,14-15H2,1-2H3/b10-8+. The van der Waals surface area contributed by atoms with Gasteiger partial charge in [0.1, 0.15) is 11.5 Å². The second kappa shape index (κ2) is 9.08. The van der Waals surface area contributed by atoms with Gasteiger partial charge in [0.25, 0.3) is 5.91 Å². The zero-order chi connectivity index (χ0) is 19.9. The molecule has 1 amide bonds. The fourth-order valence-electron chi connectivity index (χ4n) is 3.09. The second-order valence-corrected chi connectivity index (χ2v) is 6.38. The van der Waals surface area contributed by atoms with E-state index >= 15 is 0 Å². The molecule has 2 aromatic rings. The van der Waals surface area contributed by atoms with Crippen LogP contribution in [0, 0.1) is 0 Å². The molecule has 28 heavy (non-hydrogen) atoms. The van der Waals surface area contributed by atoms with Crippen molar-refractivity contribution in [1.82, 2.24) is 4.90 Å². The molecule has 0 atom stereocenters. The lowest BCUT2D eigenvalue weighted by Gasteiger charge is -2.28. The first kappa shape index (κ1) is 19.5. The minimum atomic E-state index is -0.580. The SMILES string of the molecule is COc1ccc(/C=C/C(=O)OCC(=O)N2CCc3ccccc3C2)c(OC)c1. The largest absolute Gasteiger partial charge is 0.497 e. The van der Waals surface area contributed by atoms with E-state index in [2.05, 4.69) is 6.07 Å². The predicted octanol–water partition coefficient (Wildman–Crippen LogP) is 2.85. The summed E-state index contributed by atoms with van der Waals surface area (Å²) in [4.78, 5) is 26.0. The van der Waals surface area contributed by atoms with Gasteiger partial charge in [-0.15, -0.1) is 0 Å². The molecule has 0 unspecified atom stereocenters. The van der Waals surface area contributed by atoms with Gasteiger partial charge in [0.05, 0.1) is 14.2 Å². The van der Waals surface area contributed by atoms with E-state index in [0.29, 0.717) is 30.2 Å². The lowest BCUT2D eigenvalue weighted by atomic mass is 10.00.